The van der Waals surface area contributed by atoms with Crippen LogP contribution in [0.25, 0.3) is 0 Å². The van der Waals surface area contributed by atoms with Gasteiger partial charge < -0.3 is 5.11 Å². The molecule has 1 aliphatic heterocycles. The molecular weight excluding hydrogens is 284 g/mol. The van der Waals surface area contributed by atoms with Crippen LogP contribution < -0.4 is 4.72 Å². The Morgan fingerprint density at radius 1 is 1.55 bits per heavy atom. The number of hydrogen-bond donors (Lipinski definition) is 2. The molecule has 2 rings (SSSR count). The molecule has 20 heavy (non-hydrogen) atoms. The molecular formula is C11H18N4O4S. The zero-order valence-corrected chi connectivity index (χ0v) is 12.0. The number of carbonyl (C=O) groups is 1. The quantitative estimate of drug-likeness (QED) is 0.776. The Morgan fingerprint density at radius 2 is 2.30 bits per heavy atom. The molecule has 1 fully saturated rings. The van der Waals surface area contributed by atoms with E-state index >= 15 is 0 Å². The lowest BCUT2D eigenvalue weighted by Crippen LogP contribution is -2.51. The molecule has 0 aromatic carbocycles. The molecule has 0 amide bonds. The Hall–Kier alpha value is -1.45. The van der Waals surface area contributed by atoms with Gasteiger partial charge in [0, 0.05) is 31.9 Å². The number of aryl methyl sites for hydroxylation is 1. The van der Waals surface area contributed by atoms with Crippen LogP contribution in [0.1, 0.15) is 24.8 Å². The lowest BCUT2D eigenvalue weighted by atomic mass is 10.1. The van der Waals surface area contributed by atoms with E-state index in [1.54, 1.807) is 24.1 Å². The van der Waals surface area contributed by atoms with Gasteiger partial charge in [-0.05, 0) is 19.3 Å². The lowest BCUT2D eigenvalue weighted by molar-refractivity contribution is -0.142. The predicted octanol–water partition coefficient (Wildman–Crippen LogP) is -0.306. The van der Waals surface area contributed by atoms with Crippen LogP contribution in [0.2, 0.25) is 0 Å². The second kappa shape index (κ2) is 5.90. The van der Waals surface area contributed by atoms with Crippen molar-refractivity contribution in [2.75, 3.05) is 6.54 Å². The summed E-state index contributed by atoms with van der Waals surface area (Å²) in [6.45, 7) is 0.332. The van der Waals surface area contributed by atoms with Gasteiger partial charge in [0.25, 0.3) is 10.2 Å². The molecule has 1 aromatic rings. The van der Waals surface area contributed by atoms with Gasteiger partial charge in [0.05, 0.1) is 6.20 Å². The molecule has 0 radical (unpaired) electrons. The first-order chi connectivity index (χ1) is 9.40. The van der Waals surface area contributed by atoms with Crippen molar-refractivity contribution in [2.24, 2.45) is 7.05 Å². The SMILES string of the molecule is Cn1cc(CNS(=O)(=O)N2CCCCC2C(=O)O)cn1. The Kier molecular flexibility index (Phi) is 4.41. The summed E-state index contributed by atoms with van der Waals surface area (Å²) in [5, 5.41) is 13.1. The summed E-state index contributed by atoms with van der Waals surface area (Å²) < 4.78 is 29.4. The van der Waals surface area contributed by atoms with Crippen LogP contribution in [-0.2, 0) is 28.6 Å². The van der Waals surface area contributed by atoms with Crippen molar-refractivity contribution >= 4 is 16.2 Å². The van der Waals surface area contributed by atoms with Crippen molar-refractivity contribution in [2.45, 2.75) is 31.8 Å². The van der Waals surface area contributed by atoms with Crippen LogP contribution >= 0.6 is 0 Å². The van der Waals surface area contributed by atoms with Crippen molar-refractivity contribution in [1.29, 1.82) is 0 Å². The number of piperidine rings is 1. The number of aliphatic carboxylic acids is 1. The number of hydrogen-bond acceptors (Lipinski definition) is 4. The maximum atomic E-state index is 12.2. The molecule has 9 heteroatoms. The Labute approximate surface area is 117 Å². The average Bonchev–Trinajstić information content (AvgIpc) is 2.82. The number of carboxylic acid groups (broad SMARTS) is 1. The van der Waals surface area contributed by atoms with E-state index in [1.807, 2.05) is 0 Å². The van der Waals surface area contributed by atoms with Crippen LogP contribution in [0, 0.1) is 0 Å². The van der Waals surface area contributed by atoms with Crippen molar-refractivity contribution < 1.29 is 18.3 Å². The maximum Gasteiger partial charge on any atom is 0.322 e. The van der Waals surface area contributed by atoms with Gasteiger partial charge >= 0.3 is 5.97 Å². The highest BCUT2D eigenvalue weighted by molar-refractivity contribution is 7.87. The van der Waals surface area contributed by atoms with Gasteiger partial charge in [0.2, 0.25) is 0 Å². The van der Waals surface area contributed by atoms with Gasteiger partial charge in [-0.2, -0.15) is 22.5 Å². The van der Waals surface area contributed by atoms with E-state index in [0.717, 1.165) is 16.3 Å². The lowest BCUT2D eigenvalue weighted by Gasteiger charge is -2.31. The van der Waals surface area contributed by atoms with Crippen LogP contribution in [0.15, 0.2) is 12.4 Å². The molecule has 0 bridgehead atoms. The Bertz CT molecular complexity index is 583. The van der Waals surface area contributed by atoms with E-state index in [2.05, 4.69) is 9.82 Å². The van der Waals surface area contributed by atoms with E-state index < -0.39 is 22.2 Å². The van der Waals surface area contributed by atoms with E-state index in [9.17, 15) is 13.2 Å². The smallest absolute Gasteiger partial charge is 0.322 e. The number of carboxylic acids is 1. The molecule has 0 saturated carbocycles. The third-order valence-electron chi connectivity index (χ3n) is 3.26. The molecule has 2 heterocycles. The van der Waals surface area contributed by atoms with E-state index in [1.165, 1.54) is 0 Å². The molecule has 0 aliphatic carbocycles. The standard InChI is InChI=1S/C11H18N4O4S/c1-14-8-9(6-12-14)7-13-20(18,19)15-5-3-2-4-10(15)11(16)17/h6,8,10,13H,2-5,7H2,1H3,(H,16,17). The fraction of sp³-hybridized carbons (Fsp3) is 0.636. The highest BCUT2D eigenvalue weighted by atomic mass is 32.2. The van der Waals surface area contributed by atoms with E-state index in [-0.39, 0.29) is 13.1 Å². The molecule has 8 nitrogen and oxygen atoms in total. The average molecular weight is 302 g/mol. The largest absolute Gasteiger partial charge is 0.480 e. The monoisotopic (exact) mass is 302 g/mol. The second-order valence-corrected chi connectivity index (χ2v) is 6.52. The summed E-state index contributed by atoms with van der Waals surface area (Å²) in [7, 11) is -2.06. The first-order valence-corrected chi connectivity index (χ1v) is 7.81. The van der Waals surface area contributed by atoms with Crippen molar-refractivity contribution in [3.05, 3.63) is 18.0 Å². The molecule has 1 aromatic heterocycles. The van der Waals surface area contributed by atoms with Gasteiger partial charge in [-0.25, -0.2) is 0 Å². The Morgan fingerprint density at radius 3 is 2.90 bits per heavy atom. The zero-order valence-electron chi connectivity index (χ0n) is 11.2. The normalized spacial score (nSPS) is 20.9. The topological polar surface area (TPSA) is 105 Å². The molecule has 112 valence electrons. The van der Waals surface area contributed by atoms with Gasteiger partial charge in [0.1, 0.15) is 6.04 Å². The minimum atomic E-state index is -3.80. The summed E-state index contributed by atoms with van der Waals surface area (Å²) in [6, 6.07) is -0.977. The predicted molar refractivity (Wildman–Crippen MR) is 70.9 cm³/mol. The third kappa shape index (κ3) is 3.35. The first-order valence-electron chi connectivity index (χ1n) is 6.37. The summed E-state index contributed by atoms with van der Waals surface area (Å²) >= 11 is 0. The number of rotatable bonds is 5. The number of nitrogens with zero attached hydrogens (tertiary/aromatic N) is 3. The van der Waals surface area contributed by atoms with Crippen molar-refractivity contribution in [3.8, 4) is 0 Å². The zero-order chi connectivity index (χ0) is 14.8. The van der Waals surface area contributed by atoms with Gasteiger partial charge in [-0.3, -0.25) is 9.48 Å². The first kappa shape index (κ1) is 14.9. The highest BCUT2D eigenvalue weighted by Crippen LogP contribution is 2.20. The van der Waals surface area contributed by atoms with Crippen LogP contribution in [-0.4, -0.2) is 46.2 Å². The maximum absolute atomic E-state index is 12.2. The summed E-state index contributed by atoms with van der Waals surface area (Å²) in [4.78, 5) is 11.1. The highest BCUT2D eigenvalue weighted by Gasteiger charge is 2.36. The molecule has 1 saturated heterocycles. The minimum absolute atomic E-state index is 0.0962. The van der Waals surface area contributed by atoms with Crippen LogP contribution in [0.4, 0.5) is 0 Å². The molecule has 0 spiro atoms. The molecule has 1 atom stereocenters. The summed E-state index contributed by atoms with van der Waals surface area (Å²) in [5.74, 6) is -1.10. The van der Waals surface area contributed by atoms with Crippen molar-refractivity contribution in [3.63, 3.8) is 0 Å². The fourth-order valence-electron chi connectivity index (χ4n) is 2.26. The molecule has 1 aliphatic rings. The van der Waals surface area contributed by atoms with Crippen molar-refractivity contribution in [1.82, 2.24) is 18.8 Å². The fourth-order valence-corrected chi connectivity index (χ4v) is 3.68. The Balaban J connectivity index is 2.06. The minimum Gasteiger partial charge on any atom is -0.480 e. The van der Waals surface area contributed by atoms with E-state index in [0.29, 0.717) is 12.8 Å². The molecule has 2 N–H and O–H groups in total. The summed E-state index contributed by atoms with van der Waals surface area (Å²) in [5.41, 5.74) is 0.722. The van der Waals surface area contributed by atoms with Crippen LogP contribution in [0.5, 0.6) is 0 Å². The van der Waals surface area contributed by atoms with Crippen LogP contribution in [0.3, 0.4) is 0 Å². The third-order valence-corrected chi connectivity index (χ3v) is 4.83. The summed E-state index contributed by atoms with van der Waals surface area (Å²) in [6.07, 6.45) is 5.02. The number of nitrogens with one attached hydrogen (secondary N) is 1. The van der Waals surface area contributed by atoms with Gasteiger partial charge in [0.15, 0.2) is 0 Å². The second-order valence-electron chi connectivity index (χ2n) is 4.81. The van der Waals surface area contributed by atoms with E-state index in [4.69, 9.17) is 5.11 Å². The number of aromatic nitrogens is 2. The van der Waals surface area contributed by atoms with Gasteiger partial charge in [-0.15, -0.1) is 0 Å². The van der Waals surface area contributed by atoms with Gasteiger partial charge in [-0.1, -0.05) is 0 Å². The molecule has 1 unspecified atom stereocenters.